The minimum absolute atomic E-state index is 0. The Balaban J connectivity index is 0.00000841. The van der Waals surface area contributed by atoms with E-state index in [4.69, 9.17) is 4.74 Å². The van der Waals surface area contributed by atoms with Gasteiger partial charge in [-0.1, -0.05) is 19.3 Å². The minimum atomic E-state index is -2.88. The molecular weight excluding hydrogens is 505 g/mol. The van der Waals surface area contributed by atoms with Crippen molar-refractivity contribution >= 4 is 29.9 Å². The molecule has 0 atom stereocenters. The van der Waals surface area contributed by atoms with Crippen molar-refractivity contribution in [3.05, 3.63) is 23.8 Å². The Labute approximate surface area is 196 Å². The van der Waals surface area contributed by atoms with Gasteiger partial charge in [-0.2, -0.15) is 8.78 Å². The Morgan fingerprint density at radius 3 is 2.43 bits per heavy atom. The highest BCUT2D eigenvalue weighted by molar-refractivity contribution is 14.0. The Kier molecular flexibility index (Phi) is 16.5. The van der Waals surface area contributed by atoms with Gasteiger partial charge in [0.05, 0.1) is 13.7 Å². The van der Waals surface area contributed by atoms with E-state index in [1.807, 2.05) is 6.92 Å². The number of nitrogens with one attached hydrogen (secondary N) is 2. The summed E-state index contributed by atoms with van der Waals surface area (Å²) >= 11 is 0. The lowest BCUT2D eigenvalue weighted by molar-refractivity contribution is -0.0504. The van der Waals surface area contributed by atoms with Crippen LogP contribution >= 0.6 is 24.0 Å². The topological polar surface area (TPSA) is 58.1 Å². The molecule has 0 aliphatic carbocycles. The van der Waals surface area contributed by atoms with Crippen molar-refractivity contribution in [1.82, 2.24) is 15.5 Å². The average Bonchev–Trinajstić information content (AvgIpc) is 2.68. The summed E-state index contributed by atoms with van der Waals surface area (Å²) < 4.78 is 35.1. The number of guanidine groups is 1. The first-order valence-corrected chi connectivity index (χ1v) is 10.2. The Morgan fingerprint density at radius 1 is 1.10 bits per heavy atom. The zero-order valence-electron chi connectivity index (χ0n) is 18.5. The second-order valence-corrected chi connectivity index (χ2v) is 7.05. The SMILES string of the molecule is CCNC(=NCc1cc(OC)ccc1OC(F)F)NCCCCCCCN(C)C.I. The second kappa shape index (κ2) is 17.3. The maximum absolute atomic E-state index is 12.6. The number of hydrogen-bond acceptors (Lipinski definition) is 4. The van der Waals surface area contributed by atoms with E-state index in [0.717, 1.165) is 26.1 Å². The van der Waals surface area contributed by atoms with Gasteiger partial charge in [-0.25, -0.2) is 4.99 Å². The molecule has 0 unspecified atom stereocenters. The van der Waals surface area contributed by atoms with Gasteiger partial charge in [0.2, 0.25) is 0 Å². The van der Waals surface area contributed by atoms with Gasteiger partial charge in [-0.3, -0.25) is 0 Å². The van der Waals surface area contributed by atoms with Gasteiger partial charge in [0.1, 0.15) is 11.5 Å². The van der Waals surface area contributed by atoms with Gasteiger partial charge in [0.15, 0.2) is 5.96 Å². The molecule has 1 aromatic rings. The maximum atomic E-state index is 12.6. The zero-order chi connectivity index (χ0) is 21.5. The number of rotatable bonds is 14. The van der Waals surface area contributed by atoms with Gasteiger partial charge in [0, 0.05) is 18.7 Å². The van der Waals surface area contributed by atoms with E-state index in [9.17, 15) is 8.78 Å². The molecule has 0 bridgehead atoms. The smallest absolute Gasteiger partial charge is 0.387 e. The molecule has 1 rings (SSSR count). The maximum Gasteiger partial charge on any atom is 0.387 e. The first-order valence-electron chi connectivity index (χ1n) is 10.2. The number of halogens is 3. The zero-order valence-corrected chi connectivity index (χ0v) is 20.9. The number of nitrogens with zero attached hydrogens (tertiary/aromatic N) is 2. The van der Waals surface area contributed by atoms with Gasteiger partial charge in [0.25, 0.3) is 0 Å². The van der Waals surface area contributed by atoms with Crippen molar-refractivity contribution in [2.45, 2.75) is 52.2 Å². The predicted molar refractivity (Wildman–Crippen MR) is 129 cm³/mol. The first-order chi connectivity index (χ1) is 14.0. The van der Waals surface area contributed by atoms with Gasteiger partial charge in [-0.05, 0) is 58.6 Å². The monoisotopic (exact) mass is 542 g/mol. The molecule has 0 fully saturated rings. The first kappa shape index (κ1) is 28.6. The van der Waals surface area contributed by atoms with Crippen molar-refractivity contribution < 1.29 is 18.3 Å². The van der Waals surface area contributed by atoms with E-state index in [0.29, 0.717) is 17.3 Å². The highest BCUT2D eigenvalue weighted by Gasteiger charge is 2.11. The molecule has 0 amide bonds. The molecule has 0 aliphatic rings. The average molecular weight is 542 g/mol. The number of alkyl halides is 2. The molecule has 0 aromatic heterocycles. The Bertz CT molecular complexity index is 604. The Hall–Kier alpha value is -1.36. The van der Waals surface area contributed by atoms with Crippen molar-refractivity contribution in [1.29, 1.82) is 0 Å². The summed E-state index contributed by atoms with van der Waals surface area (Å²) in [6.07, 6.45) is 5.93. The number of aliphatic imine (C=N–C) groups is 1. The normalized spacial score (nSPS) is 11.4. The lowest BCUT2D eigenvalue weighted by Crippen LogP contribution is -2.37. The summed E-state index contributed by atoms with van der Waals surface area (Å²) in [4.78, 5) is 6.71. The third kappa shape index (κ3) is 13.0. The van der Waals surface area contributed by atoms with Crippen LogP contribution in [-0.2, 0) is 6.54 Å². The van der Waals surface area contributed by atoms with Crippen molar-refractivity contribution in [2.24, 2.45) is 4.99 Å². The van der Waals surface area contributed by atoms with E-state index in [1.54, 1.807) is 12.1 Å². The van der Waals surface area contributed by atoms with Crippen molar-refractivity contribution in [3.8, 4) is 11.5 Å². The summed E-state index contributed by atoms with van der Waals surface area (Å²) in [5.41, 5.74) is 0.544. The molecule has 1 aromatic carbocycles. The highest BCUT2D eigenvalue weighted by atomic mass is 127. The summed E-state index contributed by atoms with van der Waals surface area (Å²) in [5.74, 6) is 1.34. The molecule has 174 valence electrons. The van der Waals surface area contributed by atoms with Crippen LogP contribution < -0.4 is 20.1 Å². The lowest BCUT2D eigenvalue weighted by atomic mass is 10.1. The summed E-state index contributed by atoms with van der Waals surface area (Å²) in [6, 6.07) is 4.73. The molecule has 6 nitrogen and oxygen atoms in total. The summed E-state index contributed by atoms with van der Waals surface area (Å²) in [5, 5.41) is 6.48. The van der Waals surface area contributed by atoms with Gasteiger partial charge < -0.3 is 25.0 Å². The van der Waals surface area contributed by atoms with Crippen LogP contribution in [0.5, 0.6) is 11.5 Å². The standard InChI is InChI=1S/C21H36F2N4O2.HI/c1-5-24-21(25-13-9-7-6-8-10-14-27(2)3)26-16-17-15-18(28-4)11-12-19(17)29-20(22)23;/h11-12,15,20H,5-10,13-14,16H2,1-4H3,(H2,24,25,26);1H. The minimum Gasteiger partial charge on any atom is -0.497 e. The number of unbranched alkanes of at least 4 members (excludes halogenated alkanes) is 4. The number of methoxy groups -OCH3 is 1. The van der Waals surface area contributed by atoms with Crippen molar-refractivity contribution in [2.75, 3.05) is 40.8 Å². The van der Waals surface area contributed by atoms with E-state index >= 15 is 0 Å². The fraction of sp³-hybridized carbons (Fsp3) is 0.667. The molecule has 0 aliphatic heterocycles. The van der Waals surface area contributed by atoms with E-state index in [1.165, 1.54) is 38.9 Å². The lowest BCUT2D eigenvalue weighted by Gasteiger charge is -2.13. The van der Waals surface area contributed by atoms with Crippen LogP contribution in [0.1, 0.15) is 44.6 Å². The molecular formula is C21H37F2IN4O2. The van der Waals surface area contributed by atoms with Crippen LogP contribution in [0.2, 0.25) is 0 Å². The molecule has 0 heterocycles. The van der Waals surface area contributed by atoms with Crippen molar-refractivity contribution in [3.63, 3.8) is 0 Å². The summed E-state index contributed by atoms with van der Waals surface area (Å²) in [7, 11) is 5.72. The largest absolute Gasteiger partial charge is 0.497 e. The van der Waals surface area contributed by atoms with Gasteiger partial charge in [-0.15, -0.1) is 24.0 Å². The van der Waals surface area contributed by atoms with E-state index in [2.05, 4.69) is 39.4 Å². The Morgan fingerprint density at radius 2 is 1.80 bits per heavy atom. The molecule has 0 saturated heterocycles. The number of hydrogen-bond donors (Lipinski definition) is 2. The quantitative estimate of drug-likeness (QED) is 0.157. The van der Waals surface area contributed by atoms with Crippen LogP contribution in [0.25, 0.3) is 0 Å². The van der Waals surface area contributed by atoms with E-state index in [-0.39, 0.29) is 36.3 Å². The second-order valence-electron chi connectivity index (χ2n) is 7.05. The third-order valence-electron chi connectivity index (χ3n) is 4.31. The van der Waals surface area contributed by atoms with E-state index < -0.39 is 6.61 Å². The number of benzene rings is 1. The third-order valence-corrected chi connectivity index (χ3v) is 4.31. The van der Waals surface area contributed by atoms with Crippen LogP contribution in [0, 0.1) is 0 Å². The number of ether oxygens (including phenoxy) is 2. The fourth-order valence-corrected chi connectivity index (χ4v) is 2.81. The van der Waals surface area contributed by atoms with Crippen LogP contribution in [0.4, 0.5) is 8.78 Å². The van der Waals surface area contributed by atoms with Crippen LogP contribution in [0.15, 0.2) is 23.2 Å². The molecule has 0 saturated carbocycles. The summed E-state index contributed by atoms with van der Waals surface area (Å²) in [6.45, 7) is 1.98. The molecule has 0 spiro atoms. The predicted octanol–water partition coefficient (Wildman–Crippen LogP) is 4.48. The van der Waals surface area contributed by atoms with Crippen LogP contribution in [-0.4, -0.2) is 58.3 Å². The fourth-order valence-electron chi connectivity index (χ4n) is 2.81. The molecule has 2 N–H and O–H groups in total. The highest BCUT2D eigenvalue weighted by Crippen LogP contribution is 2.26. The van der Waals surface area contributed by atoms with Gasteiger partial charge >= 0.3 is 6.61 Å². The molecule has 0 radical (unpaired) electrons. The molecule has 9 heteroatoms. The van der Waals surface area contributed by atoms with Crippen LogP contribution in [0.3, 0.4) is 0 Å². The molecule has 30 heavy (non-hydrogen) atoms.